The summed E-state index contributed by atoms with van der Waals surface area (Å²) in [5.74, 6) is 1.28. The lowest BCUT2D eigenvalue weighted by molar-refractivity contribution is 0.407. The first-order valence-corrected chi connectivity index (χ1v) is 6.20. The first-order chi connectivity index (χ1) is 9.15. The lowest BCUT2D eigenvalue weighted by Gasteiger charge is -2.13. The van der Waals surface area contributed by atoms with Crippen molar-refractivity contribution in [3.05, 3.63) is 47.7 Å². The molecule has 96 valence electrons. The lowest BCUT2D eigenvalue weighted by Crippen LogP contribution is -1.95. The van der Waals surface area contributed by atoms with Gasteiger partial charge in [-0.25, -0.2) is 0 Å². The van der Waals surface area contributed by atoms with Crippen molar-refractivity contribution in [1.29, 1.82) is 5.26 Å². The highest BCUT2D eigenvalue weighted by Crippen LogP contribution is 2.30. The molecule has 0 aliphatic rings. The van der Waals surface area contributed by atoms with Crippen molar-refractivity contribution >= 4 is 0 Å². The molecule has 3 heteroatoms. The smallest absolute Gasteiger partial charge is 0.122 e. The standard InChI is InChI=1S/C16H16N2O/c1-11(2)14-8-13(5-7-16(14)19-3)15-6-4-12(9-17)10-18-15/h4-8,10-11H,1-3H3. The van der Waals surface area contributed by atoms with Gasteiger partial charge in [0.15, 0.2) is 0 Å². The zero-order chi connectivity index (χ0) is 13.8. The molecule has 0 saturated heterocycles. The van der Waals surface area contributed by atoms with Gasteiger partial charge in [-0.1, -0.05) is 13.8 Å². The Morgan fingerprint density at radius 1 is 1.21 bits per heavy atom. The van der Waals surface area contributed by atoms with Gasteiger partial charge in [0, 0.05) is 11.8 Å². The van der Waals surface area contributed by atoms with Gasteiger partial charge in [0.25, 0.3) is 0 Å². The normalized spacial score (nSPS) is 10.3. The zero-order valence-electron chi connectivity index (χ0n) is 11.3. The molecule has 0 bridgehead atoms. The van der Waals surface area contributed by atoms with Gasteiger partial charge in [-0.15, -0.1) is 0 Å². The Hall–Kier alpha value is -2.34. The van der Waals surface area contributed by atoms with Gasteiger partial charge < -0.3 is 4.74 Å². The average molecular weight is 252 g/mol. The lowest BCUT2D eigenvalue weighted by atomic mass is 9.98. The number of benzene rings is 1. The van der Waals surface area contributed by atoms with Gasteiger partial charge in [-0.05, 0) is 41.8 Å². The Labute approximate surface area is 113 Å². The zero-order valence-corrected chi connectivity index (χ0v) is 11.3. The summed E-state index contributed by atoms with van der Waals surface area (Å²) in [5, 5.41) is 8.78. The third-order valence-electron chi connectivity index (χ3n) is 3.04. The number of ether oxygens (including phenoxy) is 1. The number of nitriles is 1. The number of methoxy groups -OCH3 is 1. The molecule has 2 rings (SSSR count). The predicted molar refractivity (Wildman–Crippen MR) is 75.0 cm³/mol. The van der Waals surface area contributed by atoms with E-state index in [1.807, 2.05) is 18.2 Å². The minimum atomic E-state index is 0.383. The van der Waals surface area contributed by atoms with E-state index in [0.29, 0.717) is 11.5 Å². The molecule has 0 spiro atoms. The molecular weight excluding hydrogens is 236 g/mol. The van der Waals surface area contributed by atoms with Crippen molar-refractivity contribution in [3.63, 3.8) is 0 Å². The second-order valence-corrected chi connectivity index (χ2v) is 4.66. The van der Waals surface area contributed by atoms with E-state index in [9.17, 15) is 0 Å². The highest BCUT2D eigenvalue weighted by molar-refractivity contribution is 5.63. The van der Waals surface area contributed by atoms with E-state index < -0.39 is 0 Å². The van der Waals surface area contributed by atoms with Crippen LogP contribution >= 0.6 is 0 Å². The van der Waals surface area contributed by atoms with Crippen molar-refractivity contribution in [2.45, 2.75) is 19.8 Å². The number of hydrogen-bond donors (Lipinski definition) is 0. The van der Waals surface area contributed by atoms with Crippen molar-refractivity contribution in [3.8, 4) is 23.1 Å². The molecule has 0 aliphatic heterocycles. The van der Waals surface area contributed by atoms with Crippen LogP contribution in [0.5, 0.6) is 5.75 Å². The molecule has 1 aromatic heterocycles. The number of hydrogen-bond acceptors (Lipinski definition) is 3. The van der Waals surface area contributed by atoms with E-state index in [-0.39, 0.29) is 0 Å². The minimum Gasteiger partial charge on any atom is -0.496 e. The molecule has 0 aliphatic carbocycles. The number of aromatic nitrogens is 1. The van der Waals surface area contributed by atoms with Gasteiger partial charge in [-0.3, -0.25) is 4.98 Å². The fourth-order valence-corrected chi connectivity index (χ4v) is 1.98. The quantitative estimate of drug-likeness (QED) is 0.835. The van der Waals surface area contributed by atoms with Gasteiger partial charge >= 0.3 is 0 Å². The monoisotopic (exact) mass is 252 g/mol. The van der Waals surface area contributed by atoms with Crippen molar-refractivity contribution in [1.82, 2.24) is 4.98 Å². The fraction of sp³-hybridized carbons (Fsp3) is 0.250. The maximum Gasteiger partial charge on any atom is 0.122 e. The number of pyridine rings is 1. The summed E-state index contributed by atoms with van der Waals surface area (Å²) in [6.07, 6.45) is 1.59. The minimum absolute atomic E-state index is 0.383. The van der Waals surface area contributed by atoms with Crippen molar-refractivity contribution in [2.75, 3.05) is 7.11 Å². The summed E-state index contributed by atoms with van der Waals surface area (Å²) < 4.78 is 5.37. The largest absolute Gasteiger partial charge is 0.496 e. The molecule has 2 aromatic rings. The summed E-state index contributed by atoms with van der Waals surface area (Å²) in [5.41, 5.74) is 3.63. The maximum absolute atomic E-state index is 8.78. The van der Waals surface area contributed by atoms with Crippen LogP contribution in [0.1, 0.15) is 30.9 Å². The highest BCUT2D eigenvalue weighted by Gasteiger charge is 2.09. The van der Waals surface area contributed by atoms with Crippen LogP contribution in [0.15, 0.2) is 36.5 Å². The molecule has 1 aromatic carbocycles. The molecule has 0 saturated carbocycles. The average Bonchev–Trinajstić information content (AvgIpc) is 2.46. The first kappa shape index (κ1) is 13.1. The summed E-state index contributed by atoms with van der Waals surface area (Å²) >= 11 is 0. The van der Waals surface area contributed by atoms with Gasteiger partial charge in [0.2, 0.25) is 0 Å². The highest BCUT2D eigenvalue weighted by atomic mass is 16.5. The molecule has 0 fully saturated rings. The second-order valence-electron chi connectivity index (χ2n) is 4.66. The molecule has 19 heavy (non-hydrogen) atoms. The van der Waals surface area contributed by atoms with Crippen LogP contribution in [0.25, 0.3) is 11.3 Å². The van der Waals surface area contributed by atoms with Crippen LogP contribution < -0.4 is 4.74 Å². The Kier molecular flexibility index (Phi) is 3.82. The molecular formula is C16H16N2O. The Bertz CT molecular complexity index is 610. The SMILES string of the molecule is COc1ccc(-c2ccc(C#N)cn2)cc1C(C)C. The summed E-state index contributed by atoms with van der Waals surface area (Å²) in [4.78, 5) is 4.31. The van der Waals surface area contributed by atoms with E-state index >= 15 is 0 Å². The number of rotatable bonds is 3. The number of nitrogens with zero attached hydrogens (tertiary/aromatic N) is 2. The molecule has 1 heterocycles. The molecule has 3 nitrogen and oxygen atoms in total. The molecule has 0 atom stereocenters. The summed E-state index contributed by atoms with van der Waals surface area (Å²) in [6, 6.07) is 11.8. The first-order valence-electron chi connectivity index (χ1n) is 6.20. The van der Waals surface area contributed by atoms with Gasteiger partial charge in [0.1, 0.15) is 11.8 Å². The van der Waals surface area contributed by atoms with Gasteiger partial charge in [-0.2, -0.15) is 5.26 Å². The van der Waals surface area contributed by atoms with E-state index in [1.165, 1.54) is 0 Å². The van der Waals surface area contributed by atoms with Crippen molar-refractivity contribution < 1.29 is 4.74 Å². The topological polar surface area (TPSA) is 45.9 Å². The second kappa shape index (κ2) is 5.53. The maximum atomic E-state index is 8.78. The Morgan fingerprint density at radius 3 is 2.53 bits per heavy atom. The molecule has 0 amide bonds. The molecule has 0 unspecified atom stereocenters. The van der Waals surface area contributed by atoms with E-state index in [0.717, 1.165) is 22.6 Å². The Morgan fingerprint density at radius 2 is 2.00 bits per heavy atom. The Balaban J connectivity index is 2.45. The van der Waals surface area contributed by atoms with Crippen LogP contribution in [0, 0.1) is 11.3 Å². The van der Waals surface area contributed by atoms with E-state index in [4.69, 9.17) is 10.00 Å². The summed E-state index contributed by atoms with van der Waals surface area (Å²) in [6.45, 7) is 4.27. The van der Waals surface area contributed by atoms with E-state index in [1.54, 1.807) is 19.4 Å². The van der Waals surface area contributed by atoms with Crippen LogP contribution in [-0.2, 0) is 0 Å². The predicted octanol–water partition coefficient (Wildman–Crippen LogP) is 3.75. The van der Waals surface area contributed by atoms with E-state index in [2.05, 4.69) is 31.0 Å². The third-order valence-corrected chi connectivity index (χ3v) is 3.04. The fourth-order valence-electron chi connectivity index (χ4n) is 1.98. The van der Waals surface area contributed by atoms with Crippen LogP contribution in [-0.4, -0.2) is 12.1 Å². The van der Waals surface area contributed by atoms with Crippen LogP contribution in [0.4, 0.5) is 0 Å². The summed E-state index contributed by atoms with van der Waals surface area (Å²) in [7, 11) is 1.68. The van der Waals surface area contributed by atoms with Crippen LogP contribution in [0.2, 0.25) is 0 Å². The third kappa shape index (κ3) is 2.74. The molecule has 0 N–H and O–H groups in total. The van der Waals surface area contributed by atoms with Crippen LogP contribution in [0.3, 0.4) is 0 Å². The van der Waals surface area contributed by atoms with Crippen molar-refractivity contribution in [2.24, 2.45) is 0 Å². The van der Waals surface area contributed by atoms with Gasteiger partial charge in [0.05, 0.1) is 18.4 Å². The molecule has 0 radical (unpaired) electrons.